The Morgan fingerprint density at radius 3 is 2.58 bits per heavy atom. The van der Waals surface area contributed by atoms with Gasteiger partial charge in [-0.2, -0.15) is 0 Å². The van der Waals surface area contributed by atoms with E-state index >= 15 is 0 Å². The van der Waals surface area contributed by atoms with Crippen molar-refractivity contribution >= 4 is 11.9 Å². The second-order valence-corrected chi connectivity index (χ2v) is 6.98. The molecule has 0 heterocycles. The van der Waals surface area contributed by atoms with Gasteiger partial charge in [0, 0.05) is 12.5 Å². The van der Waals surface area contributed by atoms with Crippen molar-refractivity contribution in [2.75, 3.05) is 6.54 Å². The number of aliphatic carboxylic acids is 1. The summed E-state index contributed by atoms with van der Waals surface area (Å²) in [5.41, 5.74) is -0.664. The van der Waals surface area contributed by atoms with E-state index in [-0.39, 0.29) is 23.9 Å². The van der Waals surface area contributed by atoms with E-state index in [1.54, 1.807) is 0 Å². The molecular weight excluding hydrogens is 316 g/mol. The number of benzene rings is 1. The molecule has 2 aliphatic carbocycles. The van der Waals surface area contributed by atoms with Gasteiger partial charge >= 0.3 is 5.97 Å². The smallest absolute Gasteiger partial charge is 0.311 e. The van der Waals surface area contributed by atoms with Crippen LogP contribution in [0, 0.1) is 23.0 Å². The van der Waals surface area contributed by atoms with Gasteiger partial charge < -0.3 is 10.4 Å². The van der Waals surface area contributed by atoms with Crippen LogP contribution in [0.1, 0.15) is 50.0 Å². The maximum Gasteiger partial charge on any atom is 0.311 e. The van der Waals surface area contributed by atoms with Crippen LogP contribution in [-0.4, -0.2) is 23.5 Å². The molecule has 4 nitrogen and oxygen atoms in total. The van der Waals surface area contributed by atoms with E-state index in [0.29, 0.717) is 19.3 Å². The van der Waals surface area contributed by atoms with Gasteiger partial charge in [0.25, 0.3) is 0 Å². The molecule has 1 amide bonds. The molecule has 0 radical (unpaired) electrons. The minimum absolute atomic E-state index is 0.107. The van der Waals surface area contributed by atoms with Crippen molar-refractivity contribution in [2.45, 2.75) is 44.4 Å². The summed E-state index contributed by atoms with van der Waals surface area (Å²) < 4.78 is 27.0. The molecule has 2 saturated carbocycles. The third-order valence-electron chi connectivity index (χ3n) is 5.35. The van der Waals surface area contributed by atoms with Gasteiger partial charge in [0.15, 0.2) is 0 Å². The van der Waals surface area contributed by atoms with Crippen LogP contribution in [0.15, 0.2) is 18.2 Å². The maximum absolute atomic E-state index is 13.8. The van der Waals surface area contributed by atoms with Crippen LogP contribution in [-0.2, 0) is 9.59 Å². The molecule has 0 aliphatic heterocycles. The fourth-order valence-corrected chi connectivity index (χ4v) is 3.71. The zero-order valence-electron chi connectivity index (χ0n) is 13.4. The molecule has 2 fully saturated rings. The van der Waals surface area contributed by atoms with Crippen LogP contribution < -0.4 is 5.32 Å². The van der Waals surface area contributed by atoms with E-state index < -0.39 is 28.9 Å². The summed E-state index contributed by atoms with van der Waals surface area (Å²) in [5.74, 6) is -2.90. The zero-order valence-corrected chi connectivity index (χ0v) is 13.4. The van der Waals surface area contributed by atoms with Gasteiger partial charge in [-0.3, -0.25) is 9.59 Å². The fourth-order valence-electron chi connectivity index (χ4n) is 3.71. The largest absolute Gasteiger partial charge is 0.481 e. The zero-order chi connectivity index (χ0) is 17.3. The van der Waals surface area contributed by atoms with Gasteiger partial charge in [0.2, 0.25) is 5.91 Å². The van der Waals surface area contributed by atoms with Gasteiger partial charge in [-0.25, -0.2) is 8.78 Å². The van der Waals surface area contributed by atoms with E-state index in [1.807, 2.05) is 0 Å². The highest BCUT2D eigenvalue weighted by Crippen LogP contribution is 2.48. The van der Waals surface area contributed by atoms with Gasteiger partial charge in [-0.1, -0.05) is 19.3 Å². The Balaban J connectivity index is 1.60. The standard InChI is InChI=1S/C18H21F2NO3/c19-11-4-5-15(20)13(8-11)12-9-14(12)16(22)21-10-18(17(23)24)6-2-1-3-7-18/h4-5,8,12,14H,1-3,6-7,9-10H2,(H,21,22)(H,23,24). The predicted octanol–water partition coefficient (Wildman–Crippen LogP) is 3.22. The van der Waals surface area contributed by atoms with Crippen LogP contribution in [0.2, 0.25) is 0 Å². The summed E-state index contributed by atoms with van der Waals surface area (Å²) in [5, 5.41) is 12.2. The van der Waals surface area contributed by atoms with E-state index in [1.165, 1.54) is 0 Å². The number of hydrogen-bond acceptors (Lipinski definition) is 2. The fraction of sp³-hybridized carbons (Fsp3) is 0.556. The lowest BCUT2D eigenvalue weighted by molar-refractivity contribution is -0.151. The first-order valence-corrected chi connectivity index (χ1v) is 8.39. The van der Waals surface area contributed by atoms with E-state index in [4.69, 9.17) is 0 Å². The quantitative estimate of drug-likeness (QED) is 0.867. The molecule has 1 aromatic carbocycles. The van der Waals surface area contributed by atoms with Crippen LogP contribution in [0.25, 0.3) is 0 Å². The van der Waals surface area contributed by atoms with Crippen molar-refractivity contribution in [3.8, 4) is 0 Å². The Morgan fingerprint density at radius 2 is 1.92 bits per heavy atom. The number of carboxylic acid groups (broad SMARTS) is 1. The van der Waals surface area contributed by atoms with Crippen molar-refractivity contribution in [1.82, 2.24) is 5.32 Å². The molecule has 24 heavy (non-hydrogen) atoms. The lowest BCUT2D eigenvalue weighted by Gasteiger charge is -2.33. The number of amides is 1. The molecule has 2 unspecified atom stereocenters. The molecule has 0 saturated heterocycles. The van der Waals surface area contributed by atoms with Crippen molar-refractivity contribution in [1.29, 1.82) is 0 Å². The Kier molecular flexibility index (Phi) is 4.56. The first-order chi connectivity index (χ1) is 11.4. The minimum atomic E-state index is -0.887. The number of halogens is 2. The second-order valence-electron chi connectivity index (χ2n) is 6.98. The molecule has 0 spiro atoms. The van der Waals surface area contributed by atoms with Crippen molar-refractivity contribution in [3.63, 3.8) is 0 Å². The molecule has 3 rings (SSSR count). The normalized spacial score (nSPS) is 25.1. The first-order valence-electron chi connectivity index (χ1n) is 8.39. The molecule has 0 aromatic heterocycles. The lowest BCUT2D eigenvalue weighted by Crippen LogP contribution is -2.44. The summed E-state index contributed by atoms with van der Waals surface area (Å²) in [6.45, 7) is 0.107. The van der Waals surface area contributed by atoms with Gasteiger partial charge in [-0.05, 0) is 48.9 Å². The Labute approximate surface area is 139 Å². The Morgan fingerprint density at radius 1 is 1.21 bits per heavy atom. The average Bonchev–Trinajstić information content (AvgIpc) is 3.36. The molecule has 6 heteroatoms. The first kappa shape index (κ1) is 16.9. The SMILES string of the molecule is O=C(NCC1(C(=O)O)CCCCC1)C1CC1c1cc(F)ccc1F. The van der Waals surface area contributed by atoms with Crippen LogP contribution >= 0.6 is 0 Å². The highest BCUT2D eigenvalue weighted by atomic mass is 19.1. The third kappa shape index (κ3) is 3.28. The second kappa shape index (κ2) is 6.49. The number of nitrogens with one attached hydrogen (secondary N) is 1. The van der Waals surface area contributed by atoms with E-state index in [9.17, 15) is 23.5 Å². The van der Waals surface area contributed by atoms with Gasteiger partial charge in [-0.15, -0.1) is 0 Å². The monoisotopic (exact) mass is 337 g/mol. The van der Waals surface area contributed by atoms with Crippen molar-refractivity contribution in [2.24, 2.45) is 11.3 Å². The van der Waals surface area contributed by atoms with Crippen LogP contribution in [0.4, 0.5) is 8.78 Å². The summed E-state index contributed by atoms with van der Waals surface area (Å²) in [6, 6.07) is 3.25. The summed E-state index contributed by atoms with van der Waals surface area (Å²) in [6.07, 6.45) is 4.31. The molecule has 2 aliphatic rings. The third-order valence-corrected chi connectivity index (χ3v) is 5.35. The molecule has 0 bridgehead atoms. The highest BCUT2D eigenvalue weighted by molar-refractivity contribution is 5.84. The Hall–Kier alpha value is -1.98. The summed E-state index contributed by atoms with van der Waals surface area (Å²) in [7, 11) is 0. The number of carbonyl (C=O) groups is 2. The highest BCUT2D eigenvalue weighted by Gasteiger charge is 2.47. The van der Waals surface area contributed by atoms with Crippen molar-refractivity contribution in [3.05, 3.63) is 35.4 Å². The van der Waals surface area contributed by atoms with Crippen LogP contribution in [0.5, 0.6) is 0 Å². The topological polar surface area (TPSA) is 66.4 Å². The summed E-state index contributed by atoms with van der Waals surface area (Å²) >= 11 is 0. The lowest BCUT2D eigenvalue weighted by atomic mass is 9.74. The van der Waals surface area contributed by atoms with Gasteiger partial charge in [0.05, 0.1) is 5.41 Å². The van der Waals surface area contributed by atoms with E-state index in [0.717, 1.165) is 37.5 Å². The average molecular weight is 337 g/mol. The number of hydrogen-bond donors (Lipinski definition) is 2. The maximum atomic E-state index is 13.8. The molecule has 2 atom stereocenters. The number of carboxylic acids is 1. The predicted molar refractivity (Wildman–Crippen MR) is 83.4 cm³/mol. The molecule has 130 valence electrons. The van der Waals surface area contributed by atoms with Gasteiger partial charge in [0.1, 0.15) is 11.6 Å². The molecule has 1 aromatic rings. The Bertz CT molecular complexity index is 656. The van der Waals surface area contributed by atoms with Crippen molar-refractivity contribution < 1.29 is 23.5 Å². The number of carbonyl (C=O) groups excluding carboxylic acids is 1. The minimum Gasteiger partial charge on any atom is -0.481 e. The number of rotatable bonds is 5. The molecule has 2 N–H and O–H groups in total. The summed E-state index contributed by atoms with van der Waals surface area (Å²) in [4.78, 5) is 23.9. The molecular formula is C18H21F2NO3. The van der Waals surface area contributed by atoms with E-state index in [2.05, 4.69) is 5.32 Å². The van der Waals surface area contributed by atoms with Crippen LogP contribution in [0.3, 0.4) is 0 Å².